The molecule has 0 saturated heterocycles. The van der Waals surface area contributed by atoms with Crippen LogP contribution in [-0.4, -0.2) is 31.5 Å². The Balaban J connectivity index is 2.12. The lowest BCUT2D eigenvalue weighted by Crippen LogP contribution is -2.14. The van der Waals surface area contributed by atoms with E-state index in [1.807, 2.05) is 0 Å². The summed E-state index contributed by atoms with van der Waals surface area (Å²) in [5.74, 6) is -0.330. The molecular formula is C17H17NO6S. The molecule has 0 aliphatic carbocycles. The zero-order chi connectivity index (χ0) is 18.6. The highest BCUT2D eigenvalue weighted by Crippen LogP contribution is 2.30. The first-order valence-corrected chi connectivity index (χ1v) is 9.14. The minimum absolute atomic E-state index is 0.194. The number of hydrogen-bond acceptors (Lipinski definition) is 6. The number of benzene rings is 2. The van der Waals surface area contributed by atoms with E-state index in [0.717, 1.165) is 6.26 Å². The summed E-state index contributed by atoms with van der Waals surface area (Å²) < 4.78 is 28.8. The van der Waals surface area contributed by atoms with Crippen molar-refractivity contribution >= 4 is 27.2 Å². The number of carbonyl (C=O) groups is 2. The highest BCUT2D eigenvalue weighted by Gasteiger charge is 2.14. The van der Waals surface area contributed by atoms with Crippen molar-refractivity contribution in [2.75, 3.05) is 11.6 Å². The van der Waals surface area contributed by atoms with Gasteiger partial charge >= 0.3 is 0 Å². The number of phenols is 1. The lowest BCUT2D eigenvalue weighted by Gasteiger charge is -2.09. The molecule has 0 unspecified atom stereocenters. The molecule has 25 heavy (non-hydrogen) atoms. The molecule has 0 aromatic heterocycles. The van der Waals surface area contributed by atoms with Crippen LogP contribution in [0.1, 0.15) is 13.3 Å². The summed E-state index contributed by atoms with van der Waals surface area (Å²) in [4.78, 5) is 22.2. The molecule has 0 atom stereocenters. The minimum Gasteiger partial charge on any atom is -0.507 e. The van der Waals surface area contributed by atoms with Crippen molar-refractivity contribution in [1.29, 1.82) is 0 Å². The number of anilines is 1. The van der Waals surface area contributed by atoms with Crippen LogP contribution in [0.4, 0.5) is 5.69 Å². The van der Waals surface area contributed by atoms with Gasteiger partial charge in [-0.25, -0.2) is 8.42 Å². The highest BCUT2D eigenvalue weighted by molar-refractivity contribution is 7.90. The summed E-state index contributed by atoms with van der Waals surface area (Å²) in [6, 6.07) is 10.2. The van der Waals surface area contributed by atoms with Gasteiger partial charge in [-0.1, -0.05) is 0 Å². The van der Waals surface area contributed by atoms with E-state index in [2.05, 4.69) is 5.32 Å². The quantitative estimate of drug-likeness (QED) is 0.763. The Bertz CT molecular complexity index is 903. The lowest BCUT2D eigenvalue weighted by molar-refractivity contribution is -0.124. The molecule has 2 aromatic carbocycles. The van der Waals surface area contributed by atoms with Crippen LogP contribution in [0, 0.1) is 0 Å². The molecule has 132 valence electrons. The molecule has 0 aliphatic heterocycles. The number of sulfone groups is 1. The lowest BCUT2D eigenvalue weighted by atomic mass is 10.2. The van der Waals surface area contributed by atoms with Gasteiger partial charge in [0.15, 0.2) is 9.84 Å². The summed E-state index contributed by atoms with van der Waals surface area (Å²) in [5, 5.41) is 12.2. The number of hydrogen-bond donors (Lipinski definition) is 2. The normalized spacial score (nSPS) is 11.0. The molecule has 0 fully saturated rings. The minimum atomic E-state index is -3.58. The number of nitrogens with one attached hydrogen (secondary N) is 1. The monoisotopic (exact) mass is 363 g/mol. The molecule has 0 aliphatic rings. The number of carbonyl (C=O) groups excluding carboxylic acids is 2. The van der Waals surface area contributed by atoms with Gasteiger partial charge in [0, 0.05) is 18.0 Å². The van der Waals surface area contributed by atoms with Gasteiger partial charge in [-0.15, -0.1) is 0 Å². The van der Waals surface area contributed by atoms with Crippen LogP contribution in [0.3, 0.4) is 0 Å². The van der Waals surface area contributed by atoms with Gasteiger partial charge in [0.1, 0.15) is 27.9 Å². The topological polar surface area (TPSA) is 110 Å². The Morgan fingerprint density at radius 2 is 1.68 bits per heavy atom. The number of rotatable bonds is 6. The molecule has 2 rings (SSSR count). The Kier molecular flexibility index (Phi) is 5.43. The van der Waals surface area contributed by atoms with E-state index in [4.69, 9.17) is 4.74 Å². The Morgan fingerprint density at radius 3 is 2.24 bits per heavy atom. The van der Waals surface area contributed by atoms with Gasteiger partial charge in [-0.05, 0) is 43.3 Å². The van der Waals surface area contributed by atoms with Crippen LogP contribution in [0.25, 0.3) is 0 Å². The zero-order valence-electron chi connectivity index (χ0n) is 13.6. The van der Waals surface area contributed by atoms with E-state index in [9.17, 15) is 23.1 Å². The maximum absolute atomic E-state index is 11.6. The van der Waals surface area contributed by atoms with Crippen LogP contribution in [0.2, 0.25) is 0 Å². The molecule has 0 heterocycles. The summed E-state index contributed by atoms with van der Waals surface area (Å²) in [5.41, 5.74) is 0.501. The molecule has 2 N–H and O–H groups in total. The first-order chi connectivity index (χ1) is 11.6. The summed E-state index contributed by atoms with van der Waals surface area (Å²) in [6.07, 6.45) is 0.796. The number of aromatic hydroxyl groups is 1. The average Bonchev–Trinajstić information content (AvgIpc) is 2.49. The Hall–Kier alpha value is -2.87. The second-order valence-electron chi connectivity index (χ2n) is 5.46. The largest absolute Gasteiger partial charge is 0.507 e. The van der Waals surface area contributed by atoms with Crippen LogP contribution in [-0.2, 0) is 19.4 Å². The second-order valence-corrected chi connectivity index (χ2v) is 7.44. The molecule has 0 saturated carbocycles. The fourth-order valence-corrected chi connectivity index (χ4v) is 2.81. The number of ketones is 1. The SMILES string of the molecule is CC(=O)CC(=O)Nc1ccc(Oc2ccc(O)c(S(C)(=O)=O)c2)cc1. The molecular weight excluding hydrogens is 346 g/mol. The Morgan fingerprint density at radius 1 is 1.08 bits per heavy atom. The van der Waals surface area contributed by atoms with E-state index in [0.29, 0.717) is 11.4 Å². The van der Waals surface area contributed by atoms with Crippen molar-refractivity contribution in [1.82, 2.24) is 0 Å². The smallest absolute Gasteiger partial charge is 0.231 e. The molecule has 8 heteroatoms. The maximum Gasteiger partial charge on any atom is 0.231 e. The Labute approximate surface area is 145 Å². The summed E-state index contributed by atoms with van der Waals surface area (Å²) in [6.45, 7) is 1.33. The van der Waals surface area contributed by atoms with E-state index < -0.39 is 15.7 Å². The fraction of sp³-hybridized carbons (Fsp3) is 0.176. The highest BCUT2D eigenvalue weighted by atomic mass is 32.2. The van der Waals surface area contributed by atoms with Crippen molar-refractivity contribution in [3.8, 4) is 17.2 Å². The summed E-state index contributed by atoms with van der Waals surface area (Å²) >= 11 is 0. The molecule has 0 spiro atoms. The number of ether oxygens (including phenoxy) is 1. The number of amides is 1. The first kappa shape index (κ1) is 18.5. The van der Waals surface area contributed by atoms with Crippen molar-refractivity contribution < 1.29 is 27.9 Å². The molecule has 2 aromatic rings. The standard InChI is InChI=1S/C17H17NO6S/c1-11(19)9-17(21)18-12-3-5-13(6-4-12)24-14-7-8-15(20)16(10-14)25(2,22)23/h3-8,10,20H,9H2,1-2H3,(H,18,21). The molecule has 0 bridgehead atoms. The predicted octanol–water partition coefficient (Wildman–Crippen LogP) is 2.51. The van der Waals surface area contributed by atoms with Crippen molar-refractivity contribution in [3.05, 3.63) is 42.5 Å². The van der Waals surface area contributed by atoms with Gasteiger partial charge in [0.05, 0.1) is 6.42 Å². The zero-order valence-corrected chi connectivity index (χ0v) is 14.5. The molecule has 1 amide bonds. The number of Topliss-reactive ketones (excluding diaryl/α,β-unsaturated/α-hetero) is 1. The second kappa shape index (κ2) is 7.35. The average molecular weight is 363 g/mol. The first-order valence-electron chi connectivity index (χ1n) is 7.25. The molecule has 7 nitrogen and oxygen atoms in total. The van der Waals surface area contributed by atoms with Crippen LogP contribution in [0.5, 0.6) is 17.2 Å². The van der Waals surface area contributed by atoms with E-state index in [1.54, 1.807) is 24.3 Å². The van der Waals surface area contributed by atoms with Crippen molar-refractivity contribution in [2.24, 2.45) is 0 Å². The predicted molar refractivity (Wildman–Crippen MR) is 91.7 cm³/mol. The van der Waals surface area contributed by atoms with Crippen LogP contribution < -0.4 is 10.1 Å². The third-order valence-corrected chi connectivity index (χ3v) is 4.24. The third kappa shape index (κ3) is 5.32. The van der Waals surface area contributed by atoms with Gasteiger partial charge in [-0.3, -0.25) is 9.59 Å². The van der Waals surface area contributed by atoms with Crippen molar-refractivity contribution in [3.63, 3.8) is 0 Å². The van der Waals surface area contributed by atoms with Crippen LogP contribution in [0.15, 0.2) is 47.4 Å². The fourth-order valence-electron chi connectivity index (χ4n) is 2.03. The number of phenolic OH excluding ortho intramolecular Hbond substituents is 1. The van der Waals surface area contributed by atoms with Crippen LogP contribution >= 0.6 is 0 Å². The van der Waals surface area contributed by atoms with Gasteiger partial charge in [0.2, 0.25) is 5.91 Å². The maximum atomic E-state index is 11.6. The van der Waals surface area contributed by atoms with Gasteiger partial charge < -0.3 is 15.2 Å². The third-order valence-electron chi connectivity index (χ3n) is 3.11. The molecule has 0 radical (unpaired) electrons. The van der Waals surface area contributed by atoms with E-state index >= 15 is 0 Å². The van der Waals surface area contributed by atoms with Gasteiger partial charge in [-0.2, -0.15) is 0 Å². The summed E-state index contributed by atoms with van der Waals surface area (Å²) in [7, 11) is -3.58. The van der Waals surface area contributed by atoms with Crippen molar-refractivity contribution in [2.45, 2.75) is 18.2 Å². The van der Waals surface area contributed by atoms with E-state index in [1.165, 1.54) is 25.1 Å². The van der Waals surface area contributed by atoms with Gasteiger partial charge in [0.25, 0.3) is 0 Å². The van der Waals surface area contributed by atoms with E-state index in [-0.39, 0.29) is 28.6 Å².